The maximum atomic E-state index is 13.8. The van der Waals surface area contributed by atoms with Crippen LogP contribution in [0.3, 0.4) is 0 Å². The lowest BCUT2D eigenvalue weighted by molar-refractivity contribution is 0.525. The summed E-state index contributed by atoms with van der Waals surface area (Å²) in [4.78, 5) is 1.51. The zero-order chi connectivity index (χ0) is 15.4. The largest absolute Gasteiger partial charge is 0.309 e. The molecular weight excluding hydrogens is 295 g/mol. The third-order valence-electron chi connectivity index (χ3n) is 3.27. The number of benzene rings is 1. The minimum atomic E-state index is -0.901. The van der Waals surface area contributed by atoms with Gasteiger partial charge in [-0.1, -0.05) is 13.8 Å². The van der Waals surface area contributed by atoms with Gasteiger partial charge in [0.15, 0.2) is 0 Å². The van der Waals surface area contributed by atoms with Crippen molar-refractivity contribution in [3.05, 3.63) is 46.6 Å². The first-order chi connectivity index (χ1) is 10.1. The molecule has 1 heterocycles. The highest BCUT2D eigenvalue weighted by atomic mass is 32.1. The molecule has 2 rings (SSSR count). The van der Waals surface area contributed by atoms with Crippen LogP contribution < -0.4 is 5.32 Å². The molecule has 0 spiro atoms. The fraction of sp³-hybridized carbons (Fsp3) is 0.375. The van der Waals surface area contributed by atoms with Crippen LogP contribution in [0.15, 0.2) is 24.3 Å². The van der Waals surface area contributed by atoms with Crippen molar-refractivity contribution < 1.29 is 13.2 Å². The molecule has 0 aliphatic rings. The summed E-state index contributed by atoms with van der Waals surface area (Å²) in [5, 5.41) is 3.40. The van der Waals surface area contributed by atoms with Crippen LogP contribution >= 0.6 is 11.3 Å². The summed E-state index contributed by atoms with van der Waals surface area (Å²) >= 11 is 1.34. The first-order valence-corrected chi connectivity index (χ1v) is 7.86. The maximum Gasteiger partial charge on any atom is 0.137 e. The third-order valence-corrected chi connectivity index (χ3v) is 4.49. The zero-order valence-corrected chi connectivity index (χ0v) is 12.9. The second-order valence-corrected chi connectivity index (χ2v) is 5.98. The minimum absolute atomic E-state index is 0.155. The number of nitrogens with one attached hydrogen (secondary N) is 1. The molecule has 0 saturated carbocycles. The van der Waals surface area contributed by atoms with E-state index in [-0.39, 0.29) is 11.6 Å². The van der Waals surface area contributed by atoms with Gasteiger partial charge in [-0.15, -0.1) is 11.3 Å². The van der Waals surface area contributed by atoms with E-state index < -0.39 is 17.5 Å². The number of hydrogen-bond donors (Lipinski definition) is 1. The topological polar surface area (TPSA) is 12.0 Å². The SMILES string of the molecule is CCCNC(CC)c1ccc(-c2c(F)cc(F)cc2F)s1. The Bertz CT molecular complexity index is 586. The summed E-state index contributed by atoms with van der Waals surface area (Å²) in [6.07, 6.45) is 1.92. The van der Waals surface area contributed by atoms with Crippen molar-refractivity contribution in [2.45, 2.75) is 32.7 Å². The van der Waals surface area contributed by atoms with Gasteiger partial charge in [0.25, 0.3) is 0 Å². The Morgan fingerprint density at radius 1 is 1.10 bits per heavy atom. The molecule has 0 amide bonds. The van der Waals surface area contributed by atoms with Gasteiger partial charge in [-0.05, 0) is 31.5 Å². The van der Waals surface area contributed by atoms with Gasteiger partial charge in [0.2, 0.25) is 0 Å². The second kappa shape index (κ2) is 7.09. The Morgan fingerprint density at radius 2 is 1.76 bits per heavy atom. The summed E-state index contributed by atoms with van der Waals surface area (Å²) in [7, 11) is 0. The van der Waals surface area contributed by atoms with Crippen LogP contribution in [0.2, 0.25) is 0 Å². The summed E-state index contributed by atoms with van der Waals surface area (Å²) in [5.41, 5.74) is -0.155. The van der Waals surface area contributed by atoms with Crippen molar-refractivity contribution in [2.75, 3.05) is 6.54 Å². The quantitative estimate of drug-likeness (QED) is 0.764. The Kier molecular flexibility index (Phi) is 5.42. The van der Waals surface area contributed by atoms with Crippen molar-refractivity contribution >= 4 is 11.3 Å². The molecule has 1 atom stereocenters. The van der Waals surface area contributed by atoms with Gasteiger partial charge in [0.1, 0.15) is 17.5 Å². The molecule has 1 aromatic heterocycles. The van der Waals surface area contributed by atoms with E-state index in [4.69, 9.17) is 0 Å². The second-order valence-electron chi connectivity index (χ2n) is 4.86. The lowest BCUT2D eigenvalue weighted by atomic mass is 10.1. The predicted molar refractivity (Wildman–Crippen MR) is 81.0 cm³/mol. The van der Waals surface area contributed by atoms with E-state index in [1.807, 2.05) is 6.07 Å². The molecule has 21 heavy (non-hydrogen) atoms. The standard InChI is InChI=1S/C16H18F3NS/c1-3-7-20-13(4-2)14-5-6-15(21-14)16-11(18)8-10(17)9-12(16)19/h5-6,8-9,13,20H,3-4,7H2,1-2H3. The Labute approximate surface area is 126 Å². The highest BCUT2D eigenvalue weighted by Crippen LogP contribution is 2.35. The third kappa shape index (κ3) is 3.66. The number of thiophene rings is 1. The van der Waals surface area contributed by atoms with Crippen LogP contribution in [0.5, 0.6) is 0 Å². The maximum absolute atomic E-state index is 13.8. The zero-order valence-electron chi connectivity index (χ0n) is 12.1. The average Bonchev–Trinajstić information content (AvgIpc) is 2.88. The van der Waals surface area contributed by atoms with E-state index in [9.17, 15) is 13.2 Å². The smallest absolute Gasteiger partial charge is 0.137 e. The van der Waals surface area contributed by atoms with Crippen molar-refractivity contribution in [3.63, 3.8) is 0 Å². The van der Waals surface area contributed by atoms with E-state index in [0.717, 1.165) is 24.3 Å². The molecule has 114 valence electrons. The molecule has 1 N–H and O–H groups in total. The highest BCUT2D eigenvalue weighted by molar-refractivity contribution is 7.15. The summed E-state index contributed by atoms with van der Waals surface area (Å²) in [6.45, 7) is 5.04. The van der Waals surface area contributed by atoms with Gasteiger partial charge in [-0.3, -0.25) is 0 Å². The molecule has 0 aliphatic carbocycles. The fourth-order valence-electron chi connectivity index (χ4n) is 2.22. The van der Waals surface area contributed by atoms with Crippen molar-refractivity contribution in [2.24, 2.45) is 0 Å². The lowest BCUT2D eigenvalue weighted by Gasteiger charge is -2.14. The Morgan fingerprint density at radius 3 is 2.33 bits per heavy atom. The molecule has 0 saturated heterocycles. The molecule has 1 aromatic carbocycles. The first-order valence-electron chi connectivity index (χ1n) is 7.04. The van der Waals surface area contributed by atoms with Gasteiger partial charge in [-0.25, -0.2) is 13.2 Å². The van der Waals surface area contributed by atoms with Gasteiger partial charge in [0, 0.05) is 27.9 Å². The van der Waals surface area contributed by atoms with Crippen molar-refractivity contribution in [1.29, 1.82) is 0 Å². The predicted octanol–water partition coefficient (Wildman–Crippen LogP) is 5.28. The van der Waals surface area contributed by atoms with Crippen molar-refractivity contribution in [1.82, 2.24) is 5.32 Å². The molecule has 1 nitrogen and oxygen atoms in total. The van der Waals surface area contributed by atoms with Gasteiger partial charge >= 0.3 is 0 Å². The van der Waals surface area contributed by atoms with Crippen LogP contribution in [-0.4, -0.2) is 6.54 Å². The normalized spacial score (nSPS) is 12.6. The molecule has 2 aromatic rings. The van der Waals surface area contributed by atoms with Crippen LogP contribution in [0.25, 0.3) is 10.4 Å². The number of hydrogen-bond acceptors (Lipinski definition) is 2. The number of halogens is 3. The van der Waals surface area contributed by atoms with Crippen LogP contribution in [0.4, 0.5) is 13.2 Å². The van der Waals surface area contributed by atoms with Gasteiger partial charge in [0.05, 0.1) is 5.56 Å². The summed E-state index contributed by atoms with van der Waals surface area (Å²) < 4.78 is 40.6. The van der Waals surface area contributed by atoms with Crippen LogP contribution in [0.1, 0.15) is 37.6 Å². The van der Waals surface area contributed by atoms with E-state index >= 15 is 0 Å². The molecule has 0 bridgehead atoms. The Hall–Kier alpha value is -1.33. The molecule has 1 unspecified atom stereocenters. The Balaban J connectivity index is 2.31. The minimum Gasteiger partial charge on any atom is -0.309 e. The van der Waals surface area contributed by atoms with E-state index in [2.05, 4.69) is 19.2 Å². The van der Waals surface area contributed by atoms with Gasteiger partial charge in [-0.2, -0.15) is 0 Å². The fourth-order valence-corrected chi connectivity index (χ4v) is 3.43. The van der Waals surface area contributed by atoms with E-state index in [0.29, 0.717) is 17.0 Å². The first kappa shape index (κ1) is 16.0. The molecule has 0 radical (unpaired) electrons. The van der Waals surface area contributed by atoms with Crippen molar-refractivity contribution in [3.8, 4) is 10.4 Å². The molecular formula is C16H18F3NS. The van der Waals surface area contributed by atoms with E-state index in [1.54, 1.807) is 6.07 Å². The molecule has 0 aliphatic heterocycles. The molecule has 5 heteroatoms. The van der Waals surface area contributed by atoms with Crippen LogP contribution in [0, 0.1) is 17.5 Å². The van der Waals surface area contributed by atoms with Crippen LogP contribution in [-0.2, 0) is 0 Å². The monoisotopic (exact) mass is 313 g/mol. The molecule has 0 fully saturated rings. The average molecular weight is 313 g/mol. The number of rotatable bonds is 6. The van der Waals surface area contributed by atoms with Gasteiger partial charge < -0.3 is 5.32 Å². The summed E-state index contributed by atoms with van der Waals surface area (Å²) in [5.74, 6) is -2.63. The summed E-state index contributed by atoms with van der Waals surface area (Å²) in [6, 6.07) is 5.17. The lowest BCUT2D eigenvalue weighted by Crippen LogP contribution is -2.20. The van der Waals surface area contributed by atoms with E-state index in [1.165, 1.54) is 11.3 Å². The highest BCUT2D eigenvalue weighted by Gasteiger charge is 2.17.